The Balaban J connectivity index is 2.91. The second-order valence-electron chi connectivity index (χ2n) is 2.27. The predicted octanol–water partition coefficient (Wildman–Crippen LogP) is 1.80. The normalized spacial score (nSPS) is 10.6. The summed E-state index contributed by atoms with van der Waals surface area (Å²) in [7, 11) is 0. The van der Waals surface area contributed by atoms with Gasteiger partial charge < -0.3 is 10.7 Å². The average Bonchev–Trinajstić information content (AvgIpc) is 2.34. The lowest BCUT2D eigenvalue weighted by molar-refractivity contribution is 1.33. The highest BCUT2D eigenvalue weighted by atomic mass is 35.5. The molecule has 11 heavy (non-hydrogen) atoms. The van der Waals surface area contributed by atoms with Gasteiger partial charge in [0.15, 0.2) is 0 Å². The summed E-state index contributed by atoms with van der Waals surface area (Å²) in [6.07, 6.45) is 1.78. The van der Waals surface area contributed by atoms with Gasteiger partial charge in [-0.15, -0.1) is 0 Å². The second-order valence-corrected chi connectivity index (χ2v) is 2.66. The number of aromatic amines is 1. The van der Waals surface area contributed by atoms with Crippen molar-refractivity contribution in [1.82, 2.24) is 9.97 Å². The van der Waals surface area contributed by atoms with Gasteiger partial charge in [0.1, 0.15) is 10.8 Å². The summed E-state index contributed by atoms with van der Waals surface area (Å²) >= 11 is 5.67. The second kappa shape index (κ2) is 2.13. The highest BCUT2D eigenvalue weighted by Crippen LogP contribution is 2.20. The zero-order valence-electron chi connectivity index (χ0n) is 5.63. The Kier molecular flexibility index (Phi) is 1.26. The van der Waals surface area contributed by atoms with Crippen molar-refractivity contribution in [2.75, 3.05) is 5.73 Å². The third kappa shape index (κ3) is 0.935. The lowest BCUT2D eigenvalue weighted by Crippen LogP contribution is -1.87. The first kappa shape index (κ1) is 6.49. The van der Waals surface area contributed by atoms with E-state index < -0.39 is 0 Å². The number of nitrogen functional groups attached to an aromatic ring is 1. The molecule has 0 aliphatic rings. The number of aromatic nitrogens is 2. The number of pyridine rings is 1. The highest BCUT2D eigenvalue weighted by Gasteiger charge is 2.00. The quantitative estimate of drug-likeness (QED) is 0.588. The van der Waals surface area contributed by atoms with Gasteiger partial charge in [-0.3, -0.25) is 0 Å². The number of nitrogens with zero attached hydrogens (tertiary/aromatic N) is 1. The minimum atomic E-state index is 0.414. The zero-order valence-corrected chi connectivity index (χ0v) is 6.39. The third-order valence-electron chi connectivity index (χ3n) is 1.53. The van der Waals surface area contributed by atoms with E-state index in [1.54, 1.807) is 12.3 Å². The van der Waals surface area contributed by atoms with Crippen LogP contribution in [0.3, 0.4) is 0 Å². The monoisotopic (exact) mass is 167 g/mol. The van der Waals surface area contributed by atoms with Gasteiger partial charge in [0.05, 0.1) is 0 Å². The summed E-state index contributed by atoms with van der Waals surface area (Å²) in [5, 5.41) is 1.33. The SMILES string of the molecule is Nc1cc(Cl)nc2[nH]ccc12. The van der Waals surface area contributed by atoms with Crippen LogP contribution in [0.1, 0.15) is 0 Å². The molecule has 0 saturated carbocycles. The Hall–Kier alpha value is -1.22. The van der Waals surface area contributed by atoms with Gasteiger partial charge in [0, 0.05) is 17.3 Å². The van der Waals surface area contributed by atoms with E-state index in [1.807, 2.05) is 6.07 Å². The molecule has 2 aromatic rings. The van der Waals surface area contributed by atoms with Crippen molar-refractivity contribution in [2.24, 2.45) is 0 Å². The number of rotatable bonds is 0. The molecule has 3 N–H and O–H groups in total. The molecule has 0 aromatic carbocycles. The summed E-state index contributed by atoms with van der Waals surface area (Å²) in [4.78, 5) is 6.95. The van der Waals surface area contributed by atoms with E-state index >= 15 is 0 Å². The molecule has 0 aliphatic carbocycles. The zero-order chi connectivity index (χ0) is 7.84. The molecule has 0 bridgehead atoms. The van der Waals surface area contributed by atoms with Gasteiger partial charge in [-0.25, -0.2) is 4.98 Å². The van der Waals surface area contributed by atoms with Gasteiger partial charge >= 0.3 is 0 Å². The number of nitrogens with one attached hydrogen (secondary N) is 1. The lowest BCUT2D eigenvalue weighted by atomic mass is 10.3. The fourth-order valence-corrected chi connectivity index (χ4v) is 1.23. The molecule has 2 aromatic heterocycles. The first-order valence-corrected chi connectivity index (χ1v) is 3.54. The molecule has 0 spiro atoms. The molecule has 2 rings (SSSR count). The number of fused-ring (bicyclic) bond motifs is 1. The van der Waals surface area contributed by atoms with Crippen LogP contribution >= 0.6 is 11.6 Å². The molecular weight excluding hydrogens is 162 g/mol. The van der Waals surface area contributed by atoms with Crippen molar-refractivity contribution in [2.45, 2.75) is 0 Å². The van der Waals surface area contributed by atoms with Gasteiger partial charge in [0.25, 0.3) is 0 Å². The molecule has 0 amide bonds. The van der Waals surface area contributed by atoms with Crippen LogP contribution in [0, 0.1) is 0 Å². The molecular formula is C7H6ClN3. The van der Waals surface area contributed by atoms with E-state index in [2.05, 4.69) is 9.97 Å². The topological polar surface area (TPSA) is 54.7 Å². The smallest absolute Gasteiger partial charge is 0.141 e. The van der Waals surface area contributed by atoms with Crippen LogP contribution in [0.4, 0.5) is 5.69 Å². The summed E-state index contributed by atoms with van der Waals surface area (Å²) in [5.74, 6) is 0. The van der Waals surface area contributed by atoms with Crippen LogP contribution < -0.4 is 5.73 Å². The Morgan fingerprint density at radius 2 is 2.36 bits per heavy atom. The third-order valence-corrected chi connectivity index (χ3v) is 1.72. The molecule has 0 fully saturated rings. The largest absolute Gasteiger partial charge is 0.398 e. The molecule has 0 radical (unpaired) electrons. The van der Waals surface area contributed by atoms with Gasteiger partial charge in [-0.2, -0.15) is 0 Å². The van der Waals surface area contributed by atoms with E-state index in [4.69, 9.17) is 17.3 Å². The highest BCUT2D eigenvalue weighted by molar-refractivity contribution is 6.30. The Morgan fingerprint density at radius 3 is 3.18 bits per heavy atom. The Morgan fingerprint density at radius 1 is 1.55 bits per heavy atom. The van der Waals surface area contributed by atoms with Crippen LogP contribution in [0.2, 0.25) is 5.15 Å². The van der Waals surface area contributed by atoms with E-state index in [1.165, 1.54) is 0 Å². The molecule has 2 heterocycles. The van der Waals surface area contributed by atoms with Crippen LogP contribution in [-0.2, 0) is 0 Å². The summed E-state index contributed by atoms with van der Waals surface area (Å²) in [6.45, 7) is 0. The average molecular weight is 168 g/mol. The van der Waals surface area contributed by atoms with Crippen LogP contribution in [0.15, 0.2) is 18.3 Å². The number of hydrogen-bond acceptors (Lipinski definition) is 2. The molecule has 0 aliphatic heterocycles. The van der Waals surface area contributed by atoms with Gasteiger partial charge in [0.2, 0.25) is 0 Å². The van der Waals surface area contributed by atoms with Crippen LogP contribution in [-0.4, -0.2) is 9.97 Å². The van der Waals surface area contributed by atoms with Crippen molar-refractivity contribution in [3.05, 3.63) is 23.5 Å². The minimum absolute atomic E-state index is 0.414. The van der Waals surface area contributed by atoms with Gasteiger partial charge in [-0.05, 0) is 12.1 Å². The molecule has 4 heteroatoms. The Bertz CT molecular complexity index is 393. The molecule has 0 saturated heterocycles. The maximum absolute atomic E-state index is 5.67. The van der Waals surface area contributed by atoms with Crippen molar-refractivity contribution in [3.63, 3.8) is 0 Å². The number of nitrogens with two attached hydrogens (primary N) is 1. The Labute approximate surface area is 68.2 Å². The fourth-order valence-electron chi connectivity index (χ4n) is 1.03. The van der Waals surface area contributed by atoms with E-state index in [0.717, 1.165) is 11.0 Å². The molecule has 0 atom stereocenters. The first-order valence-electron chi connectivity index (χ1n) is 3.16. The van der Waals surface area contributed by atoms with E-state index in [-0.39, 0.29) is 0 Å². The standard InChI is InChI=1S/C7H6ClN3/c8-6-3-5(9)4-1-2-10-7(4)11-6/h1-3H,(H3,9,10,11). The maximum atomic E-state index is 5.67. The first-order chi connectivity index (χ1) is 5.27. The summed E-state index contributed by atoms with van der Waals surface area (Å²) < 4.78 is 0. The fraction of sp³-hybridized carbons (Fsp3) is 0. The van der Waals surface area contributed by atoms with Crippen molar-refractivity contribution in [3.8, 4) is 0 Å². The molecule has 0 unspecified atom stereocenters. The van der Waals surface area contributed by atoms with Crippen molar-refractivity contribution in [1.29, 1.82) is 0 Å². The van der Waals surface area contributed by atoms with Crippen molar-refractivity contribution < 1.29 is 0 Å². The van der Waals surface area contributed by atoms with Crippen molar-refractivity contribution >= 4 is 28.3 Å². The number of H-pyrrole nitrogens is 1. The molecule has 56 valence electrons. The number of halogens is 1. The van der Waals surface area contributed by atoms with E-state index in [0.29, 0.717) is 10.8 Å². The predicted molar refractivity (Wildman–Crippen MR) is 45.5 cm³/mol. The minimum Gasteiger partial charge on any atom is -0.398 e. The van der Waals surface area contributed by atoms with Crippen LogP contribution in [0.25, 0.3) is 11.0 Å². The number of anilines is 1. The van der Waals surface area contributed by atoms with Gasteiger partial charge in [-0.1, -0.05) is 11.6 Å². The van der Waals surface area contributed by atoms with E-state index in [9.17, 15) is 0 Å². The van der Waals surface area contributed by atoms with Crippen LogP contribution in [0.5, 0.6) is 0 Å². The summed E-state index contributed by atoms with van der Waals surface area (Å²) in [6, 6.07) is 3.51. The summed E-state index contributed by atoms with van der Waals surface area (Å²) in [5.41, 5.74) is 7.04. The lowest BCUT2D eigenvalue weighted by Gasteiger charge is -1.95. The maximum Gasteiger partial charge on any atom is 0.141 e. The number of hydrogen-bond donors (Lipinski definition) is 2. The molecule has 3 nitrogen and oxygen atoms in total.